The van der Waals surface area contributed by atoms with E-state index in [2.05, 4.69) is 0 Å². The van der Waals surface area contributed by atoms with Crippen LogP contribution in [0.25, 0.3) is 0 Å². The maximum absolute atomic E-state index is 9.32. The predicted octanol–water partition coefficient (Wildman–Crippen LogP) is 0.462. The van der Waals surface area contributed by atoms with E-state index in [4.69, 9.17) is 22.6 Å². The minimum atomic E-state index is -0.865. The molecule has 0 spiro atoms. The molecule has 0 saturated carbocycles. The number of halogens is 1. The third-order valence-corrected chi connectivity index (χ3v) is 2.15. The van der Waals surface area contributed by atoms with Gasteiger partial charge in [0.15, 0.2) is 0 Å². The molecular formula is C7H13ClN2O. The Morgan fingerprint density at radius 3 is 2.27 bits per heavy atom. The van der Waals surface area contributed by atoms with Gasteiger partial charge in [0.25, 0.3) is 0 Å². The van der Waals surface area contributed by atoms with Crippen LogP contribution in [0.2, 0.25) is 0 Å². The van der Waals surface area contributed by atoms with E-state index in [9.17, 15) is 5.11 Å². The monoisotopic (exact) mass is 176 g/mol. The van der Waals surface area contributed by atoms with Crippen LogP contribution in [0.5, 0.6) is 0 Å². The van der Waals surface area contributed by atoms with Gasteiger partial charge in [-0.15, -0.1) is 11.6 Å². The van der Waals surface area contributed by atoms with E-state index in [-0.39, 0.29) is 12.0 Å². The highest BCUT2D eigenvalue weighted by Crippen LogP contribution is 2.13. The van der Waals surface area contributed by atoms with Crippen LogP contribution in [-0.4, -0.2) is 22.6 Å². The summed E-state index contributed by atoms with van der Waals surface area (Å²) in [5.41, 5.74) is 5.50. The first kappa shape index (κ1) is 10.7. The summed E-state index contributed by atoms with van der Waals surface area (Å²) in [4.78, 5) is 0. The summed E-state index contributed by atoms with van der Waals surface area (Å²) in [6.45, 7) is 3.54. The van der Waals surface area contributed by atoms with Gasteiger partial charge >= 0.3 is 0 Å². The zero-order valence-corrected chi connectivity index (χ0v) is 7.42. The smallest absolute Gasteiger partial charge is 0.146 e. The zero-order chi connectivity index (χ0) is 9.02. The van der Waals surface area contributed by atoms with Gasteiger partial charge in [0.2, 0.25) is 0 Å². The molecule has 11 heavy (non-hydrogen) atoms. The molecule has 0 aliphatic rings. The summed E-state index contributed by atoms with van der Waals surface area (Å²) in [7, 11) is 0. The summed E-state index contributed by atoms with van der Waals surface area (Å²) in [5.74, 6) is -0.155. The fourth-order valence-corrected chi connectivity index (χ4v) is 0.883. The van der Waals surface area contributed by atoms with Crippen molar-refractivity contribution in [3.05, 3.63) is 0 Å². The van der Waals surface area contributed by atoms with Crippen molar-refractivity contribution < 1.29 is 5.11 Å². The van der Waals surface area contributed by atoms with Gasteiger partial charge in [0.05, 0.1) is 12.2 Å². The maximum atomic E-state index is 9.32. The minimum Gasteiger partial charge on any atom is -0.390 e. The molecule has 0 aliphatic carbocycles. The SMILES string of the molecule is CC(N)C(C)C(O)C(Cl)C#N. The fourth-order valence-electron chi connectivity index (χ4n) is 0.654. The molecule has 4 unspecified atom stereocenters. The largest absolute Gasteiger partial charge is 0.390 e. The molecule has 0 bridgehead atoms. The van der Waals surface area contributed by atoms with Crippen molar-refractivity contribution in [3.63, 3.8) is 0 Å². The van der Waals surface area contributed by atoms with Crippen molar-refractivity contribution in [2.75, 3.05) is 0 Å². The Bertz CT molecular complexity index is 155. The van der Waals surface area contributed by atoms with Crippen LogP contribution in [0.4, 0.5) is 0 Å². The molecule has 0 amide bonds. The van der Waals surface area contributed by atoms with Gasteiger partial charge in [0.1, 0.15) is 5.38 Å². The fraction of sp³-hybridized carbons (Fsp3) is 0.857. The van der Waals surface area contributed by atoms with Crippen LogP contribution in [0.3, 0.4) is 0 Å². The molecule has 0 aromatic carbocycles. The third kappa shape index (κ3) is 3.06. The lowest BCUT2D eigenvalue weighted by molar-refractivity contribution is 0.113. The van der Waals surface area contributed by atoms with E-state index in [1.54, 1.807) is 19.9 Å². The first-order valence-electron chi connectivity index (χ1n) is 3.48. The summed E-state index contributed by atoms with van der Waals surface area (Å²) in [6, 6.07) is 1.61. The Labute approximate surface area is 71.8 Å². The van der Waals surface area contributed by atoms with Crippen LogP contribution in [0.1, 0.15) is 13.8 Å². The number of aliphatic hydroxyl groups is 1. The number of rotatable bonds is 3. The first-order valence-corrected chi connectivity index (χ1v) is 3.91. The summed E-state index contributed by atoms with van der Waals surface area (Å²) in [5, 5.41) is 16.8. The van der Waals surface area contributed by atoms with Crippen molar-refractivity contribution >= 4 is 11.6 Å². The molecule has 3 nitrogen and oxygen atoms in total. The predicted molar refractivity (Wildman–Crippen MR) is 44.1 cm³/mol. The van der Waals surface area contributed by atoms with Gasteiger partial charge in [-0.25, -0.2) is 0 Å². The van der Waals surface area contributed by atoms with E-state index in [1.807, 2.05) is 0 Å². The van der Waals surface area contributed by atoms with Gasteiger partial charge < -0.3 is 10.8 Å². The molecule has 4 heteroatoms. The Morgan fingerprint density at radius 2 is 2.00 bits per heavy atom. The highest BCUT2D eigenvalue weighted by atomic mass is 35.5. The Hall–Kier alpha value is -0.300. The minimum absolute atomic E-state index is 0.153. The maximum Gasteiger partial charge on any atom is 0.146 e. The molecule has 0 rings (SSSR count). The molecule has 0 aliphatic heterocycles. The van der Waals surface area contributed by atoms with Gasteiger partial charge in [-0.2, -0.15) is 5.26 Å². The van der Waals surface area contributed by atoms with E-state index in [0.29, 0.717) is 0 Å². The number of aliphatic hydroxyl groups excluding tert-OH is 1. The standard InChI is InChI=1S/C7H13ClN2O/c1-4(5(2)10)7(11)6(8)3-9/h4-7,11H,10H2,1-2H3. The van der Waals surface area contributed by atoms with E-state index in [0.717, 1.165) is 0 Å². The summed E-state index contributed by atoms with van der Waals surface area (Å²) in [6.07, 6.45) is -0.846. The molecule has 64 valence electrons. The molecule has 4 atom stereocenters. The van der Waals surface area contributed by atoms with Crippen molar-refractivity contribution in [2.24, 2.45) is 11.7 Å². The molecule has 0 aromatic rings. The Morgan fingerprint density at radius 1 is 1.55 bits per heavy atom. The van der Waals surface area contributed by atoms with Crippen LogP contribution in [0.15, 0.2) is 0 Å². The second-order valence-corrected chi connectivity index (χ2v) is 3.21. The quantitative estimate of drug-likeness (QED) is 0.614. The van der Waals surface area contributed by atoms with E-state index < -0.39 is 11.5 Å². The van der Waals surface area contributed by atoms with Crippen molar-refractivity contribution in [1.82, 2.24) is 0 Å². The molecule has 0 aromatic heterocycles. The van der Waals surface area contributed by atoms with E-state index in [1.165, 1.54) is 0 Å². The lowest BCUT2D eigenvalue weighted by Crippen LogP contribution is -2.38. The highest BCUT2D eigenvalue weighted by molar-refractivity contribution is 6.22. The van der Waals surface area contributed by atoms with Crippen LogP contribution in [-0.2, 0) is 0 Å². The Kier molecular flexibility index (Phi) is 4.43. The number of hydrogen-bond donors (Lipinski definition) is 2. The van der Waals surface area contributed by atoms with Crippen molar-refractivity contribution in [3.8, 4) is 6.07 Å². The second-order valence-electron chi connectivity index (χ2n) is 2.74. The number of nitrogens with zero attached hydrogens (tertiary/aromatic N) is 1. The number of hydrogen-bond acceptors (Lipinski definition) is 3. The normalized spacial score (nSPS) is 21.5. The van der Waals surface area contributed by atoms with Crippen molar-refractivity contribution in [1.29, 1.82) is 5.26 Å². The molecule has 3 N–H and O–H groups in total. The van der Waals surface area contributed by atoms with Crippen LogP contribution >= 0.6 is 11.6 Å². The zero-order valence-electron chi connectivity index (χ0n) is 6.66. The molecule has 0 saturated heterocycles. The topological polar surface area (TPSA) is 70.0 Å². The second kappa shape index (κ2) is 4.55. The number of alkyl halides is 1. The third-order valence-electron chi connectivity index (χ3n) is 1.79. The van der Waals surface area contributed by atoms with Gasteiger partial charge in [-0.05, 0) is 12.8 Å². The van der Waals surface area contributed by atoms with Gasteiger partial charge in [-0.3, -0.25) is 0 Å². The Balaban J connectivity index is 4.03. The first-order chi connectivity index (χ1) is 5.00. The van der Waals surface area contributed by atoms with Gasteiger partial charge in [0, 0.05) is 6.04 Å². The molecule has 0 fully saturated rings. The van der Waals surface area contributed by atoms with E-state index >= 15 is 0 Å². The average molecular weight is 177 g/mol. The lowest BCUT2D eigenvalue weighted by Gasteiger charge is -2.22. The summed E-state index contributed by atoms with van der Waals surface area (Å²) < 4.78 is 0. The highest BCUT2D eigenvalue weighted by Gasteiger charge is 2.24. The molecular weight excluding hydrogens is 164 g/mol. The van der Waals surface area contributed by atoms with Gasteiger partial charge in [-0.1, -0.05) is 6.92 Å². The number of nitriles is 1. The van der Waals surface area contributed by atoms with Crippen LogP contribution < -0.4 is 5.73 Å². The molecule has 0 heterocycles. The van der Waals surface area contributed by atoms with Crippen molar-refractivity contribution in [2.45, 2.75) is 31.4 Å². The number of nitrogens with two attached hydrogens (primary N) is 1. The average Bonchev–Trinajstić information content (AvgIpc) is 2.00. The van der Waals surface area contributed by atoms with Crippen LogP contribution in [0, 0.1) is 17.2 Å². The lowest BCUT2D eigenvalue weighted by atomic mass is 9.96. The molecule has 0 radical (unpaired) electrons. The summed E-state index contributed by atoms with van der Waals surface area (Å²) >= 11 is 5.49.